The fourth-order valence-corrected chi connectivity index (χ4v) is 2.03. The summed E-state index contributed by atoms with van der Waals surface area (Å²) in [5.41, 5.74) is 1.10. The second-order valence-electron chi connectivity index (χ2n) is 5.08. The Morgan fingerprint density at radius 1 is 1.33 bits per heavy atom. The Kier molecular flexibility index (Phi) is 5.86. The fraction of sp³-hybridized carbons (Fsp3) is 0.467. The van der Waals surface area contributed by atoms with Crippen LogP contribution in [0.2, 0.25) is 0 Å². The molecular formula is C15H22N4O2. The minimum atomic E-state index is -0.551. The predicted molar refractivity (Wildman–Crippen MR) is 79.5 cm³/mol. The molecule has 2 N–H and O–H groups in total. The molecule has 1 aromatic heterocycles. The lowest BCUT2D eigenvalue weighted by molar-refractivity contribution is 0.0277. The van der Waals surface area contributed by atoms with Crippen LogP contribution in [0.3, 0.4) is 0 Å². The smallest absolute Gasteiger partial charge is 0.149 e. The Bertz CT molecular complexity index is 529. The minimum absolute atomic E-state index is 0.0290. The van der Waals surface area contributed by atoms with E-state index in [9.17, 15) is 5.11 Å². The number of hydrogen-bond donors (Lipinski definition) is 2. The number of benzene rings is 1. The predicted octanol–water partition coefficient (Wildman–Crippen LogP) is 1.04. The van der Waals surface area contributed by atoms with E-state index in [-0.39, 0.29) is 6.04 Å². The molecule has 0 bridgehead atoms. The maximum atomic E-state index is 9.91. The van der Waals surface area contributed by atoms with Crippen LogP contribution in [0, 0.1) is 0 Å². The molecule has 6 nitrogen and oxygen atoms in total. The maximum absolute atomic E-state index is 9.91. The van der Waals surface area contributed by atoms with Gasteiger partial charge in [0.25, 0.3) is 0 Å². The van der Waals surface area contributed by atoms with E-state index in [0.29, 0.717) is 19.8 Å². The Morgan fingerprint density at radius 2 is 2.10 bits per heavy atom. The van der Waals surface area contributed by atoms with Crippen LogP contribution in [0.1, 0.15) is 24.4 Å². The van der Waals surface area contributed by atoms with E-state index in [0.717, 1.165) is 11.4 Å². The summed E-state index contributed by atoms with van der Waals surface area (Å²) in [5.74, 6) is 0.840. The molecule has 2 unspecified atom stereocenters. The topological polar surface area (TPSA) is 72.2 Å². The number of aliphatic hydroxyl groups excluding tert-OH is 1. The lowest BCUT2D eigenvalue weighted by atomic mass is 10.2. The summed E-state index contributed by atoms with van der Waals surface area (Å²) in [6.07, 6.45) is 1.11. The van der Waals surface area contributed by atoms with Gasteiger partial charge in [0.15, 0.2) is 0 Å². The number of nitrogens with one attached hydrogen (secondary N) is 1. The Labute approximate surface area is 124 Å². The van der Waals surface area contributed by atoms with Crippen LogP contribution in [0.5, 0.6) is 0 Å². The van der Waals surface area contributed by atoms with E-state index in [1.165, 1.54) is 0 Å². The zero-order chi connectivity index (χ0) is 15.1. The molecule has 0 saturated carbocycles. The van der Waals surface area contributed by atoms with Gasteiger partial charge in [0.1, 0.15) is 12.2 Å². The molecular weight excluding hydrogens is 268 g/mol. The first-order valence-electron chi connectivity index (χ1n) is 7.04. The largest absolute Gasteiger partial charge is 0.389 e. The molecule has 1 aromatic carbocycles. The fourth-order valence-electron chi connectivity index (χ4n) is 2.03. The first-order valence-corrected chi connectivity index (χ1v) is 7.04. The van der Waals surface area contributed by atoms with Crippen molar-refractivity contribution in [3.8, 4) is 0 Å². The van der Waals surface area contributed by atoms with Crippen molar-refractivity contribution in [2.45, 2.75) is 25.7 Å². The van der Waals surface area contributed by atoms with E-state index in [2.05, 4.69) is 15.5 Å². The number of rotatable bonds is 8. The lowest BCUT2D eigenvalue weighted by Gasteiger charge is -2.16. The standard InChI is InChI=1S/C15H22N4O2/c1-12(15-18-17-11-19(15)2)16-8-14(20)10-21-9-13-6-4-3-5-7-13/h3-7,11-12,14,16,20H,8-10H2,1-2H3. The van der Waals surface area contributed by atoms with Gasteiger partial charge in [-0.2, -0.15) is 0 Å². The molecule has 0 radical (unpaired) electrons. The summed E-state index contributed by atoms with van der Waals surface area (Å²) in [6.45, 7) is 3.24. The van der Waals surface area contributed by atoms with Gasteiger partial charge in [-0.1, -0.05) is 30.3 Å². The van der Waals surface area contributed by atoms with Gasteiger partial charge in [0, 0.05) is 13.6 Å². The van der Waals surface area contributed by atoms with Crippen molar-refractivity contribution in [3.63, 3.8) is 0 Å². The van der Waals surface area contributed by atoms with Gasteiger partial charge in [-0.3, -0.25) is 0 Å². The van der Waals surface area contributed by atoms with E-state index < -0.39 is 6.10 Å². The van der Waals surface area contributed by atoms with Crippen molar-refractivity contribution < 1.29 is 9.84 Å². The van der Waals surface area contributed by atoms with E-state index >= 15 is 0 Å². The molecule has 114 valence electrons. The molecule has 1 heterocycles. The highest BCUT2D eigenvalue weighted by Crippen LogP contribution is 2.07. The van der Waals surface area contributed by atoms with Gasteiger partial charge in [-0.25, -0.2) is 0 Å². The summed E-state index contributed by atoms with van der Waals surface area (Å²) >= 11 is 0. The zero-order valence-corrected chi connectivity index (χ0v) is 12.4. The Balaban J connectivity index is 1.66. The van der Waals surface area contributed by atoms with Crippen molar-refractivity contribution in [3.05, 3.63) is 48.0 Å². The number of aliphatic hydroxyl groups is 1. The molecule has 0 saturated heterocycles. The molecule has 2 aromatic rings. The molecule has 6 heteroatoms. The zero-order valence-electron chi connectivity index (χ0n) is 12.4. The second kappa shape index (κ2) is 7.87. The van der Waals surface area contributed by atoms with Gasteiger partial charge >= 0.3 is 0 Å². The van der Waals surface area contributed by atoms with E-state index in [1.54, 1.807) is 6.33 Å². The number of aryl methyl sites for hydroxylation is 1. The summed E-state index contributed by atoms with van der Waals surface area (Å²) in [6, 6.07) is 9.94. The molecule has 0 amide bonds. The number of hydrogen-bond acceptors (Lipinski definition) is 5. The first kappa shape index (κ1) is 15.6. The van der Waals surface area contributed by atoms with Crippen LogP contribution in [0.25, 0.3) is 0 Å². The van der Waals surface area contributed by atoms with Crippen molar-refractivity contribution in [2.24, 2.45) is 7.05 Å². The third kappa shape index (κ3) is 4.93. The highest BCUT2D eigenvalue weighted by molar-refractivity contribution is 5.13. The molecule has 2 rings (SSSR count). The summed E-state index contributed by atoms with van der Waals surface area (Å²) in [7, 11) is 1.90. The van der Waals surface area contributed by atoms with Crippen molar-refractivity contribution in [1.29, 1.82) is 0 Å². The van der Waals surface area contributed by atoms with Gasteiger partial charge in [-0.05, 0) is 12.5 Å². The van der Waals surface area contributed by atoms with Crippen LogP contribution in [0.15, 0.2) is 36.7 Å². The van der Waals surface area contributed by atoms with Crippen LogP contribution < -0.4 is 5.32 Å². The van der Waals surface area contributed by atoms with Crippen molar-refractivity contribution in [2.75, 3.05) is 13.2 Å². The highest BCUT2D eigenvalue weighted by Gasteiger charge is 2.12. The number of aromatic nitrogens is 3. The van der Waals surface area contributed by atoms with Crippen molar-refractivity contribution >= 4 is 0 Å². The molecule has 0 fully saturated rings. The van der Waals surface area contributed by atoms with Crippen LogP contribution in [-0.2, 0) is 18.4 Å². The summed E-state index contributed by atoms with van der Waals surface area (Å²) in [4.78, 5) is 0. The normalized spacial score (nSPS) is 14.0. The Hall–Kier alpha value is -1.76. The molecule has 2 atom stereocenters. The number of nitrogens with zero attached hydrogens (tertiary/aromatic N) is 3. The number of ether oxygens (including phenoxy) is 1. The lowest BCUT2D eigenvalue weighted by Crippen LogP contribution is -2.33. The highest BCUT2D eigenvalue weighted by atomic mass is 16.5. The molecule has 21 heavy (non-hydrogen) atoms. The molecule has 0 spiro atoms. The average Bonchev–Trinajstić information content (AvgIpc) is 2.92. The molecule has 0 aliphatic carbocycles. The molecule has 0 aliphatic rings. The van der Waals surface area contributed by atoms with Crippen molar-refractivity contribution in [1.82, 2.24) is 20.1 Å². The van der Waals surface area contributed by atoms with E-state index in [1.807, 2.05) is 48.9 Å². The second-order valence-corrected chi connectivity index (χ2v) is 5.08. The van der Waals surface area contributed by atoms with Gasteiger partial charge in [-0.15, -0.1) is 10.2 Å². The quantitative estimate of drug-likeness (QED) is 0.760. The van der Waals surface area contributed by atoms with Gasteiger partial charge < -0.3 is 19.7 Å². The van der Waals surface area contributed by atoms with Crippen LogP contribution in [-0.4, -0.2) is 39.1 Å². The van der Waals surface area contributed by atoms with Gasteiger partial charge in [0.05, 0.1) is 25.4 Å². The minimum Gasteiger partial charge on any atom is -0.389 e. The van der Waals surface area contributed by atoms with Crippen LogP contribution >= 0.6 is 0 Å². The monoisotopic (exact) mass is 290 g/mol. The van der Waals surface area contributed by atoms with E-state index in [4.69, 9.17) is 4.74 Å². The first-order chi connectivity index (χ1) is 10.2. The molecule has 0 aliphatic heterocycles. The van der Waals surface area contributed by atoms with Gasteiger partial charge in [0.2, 0.25) is 0 Å². The van der Waals surface area contributed by atoms with Crippen LogP contribution in [0.4, 0.5) is 0 Å². The summed E-state index contributed by atoms with van der Waals surface area (Å²) < 4.78 is 7.36. The SMILES string of the molecule is CC(NCC(O)COCc1ccccc1)c1nncn1C. The Morgan fingerprint density at radius 3 is 2.76 bits per heavy atom. The maximum Gasteiger partial charge on any atom is 0.149 e. The third-order valence-electron chi connectivity index (χ3n) is 3.22. The average molecular weight is 290 g/mol. The third-order valence-corrected chi connectivity index (χ3v) is 3.22. The summed E-state index contributed by atoms with van der Waals surface area (Å²) in [5, 5.41) is 21.0.